The van der Waals surface area contributed by atoms with E-state index in [0.29, 0.717) is 25.5 Å². The van der Waals surface area contributed by atoms with Gasteiger partial charge < -0.3 is 23.7 Å². The second-order valence-electron chi connectivity index (χ2n) is 8.25. The topological polar surface area (TPSA) is 72.2 Å². The van der Waals surface area contributed by atoms with Crippen molar-refractivity contribution < 1.29 is 23.5 Å². The number of carbonyl (C=O) groups excluding carboxylic acids is 2. The van der Waals surface area contributed by atoms with Gasteiger partial charge >= 0.3 is 0 Å². The second kappa shape index (κ2) is 12.4. The third-order valence-corrected chi connectivity index (χ3v) is 5.81. The lowest BCUT2D eigenvalue weighted by Gasteiger charge is -2.31. The van der Waals surface area contributed by atoms with Crippen LogP contribution in [-0.4, -0.2) is 60.1 Å². The van der Waals surface area contributed by atoms with Crippen molar-refractivity contribution in [3.63, 3.8) is 0 Å². The second-order valence-corrected chi connectivity index (χ2v) is 8.25. The summed E-state index contributed by atoms with van der Waals surface area (Å²) in [5.74, 6) is 0.413. The maximum atomic E-state index is 13.3. The smallest absolute Gasteiger partial charge is 0.249 e. The van der Waals surface area contributed by atoms with Crippen molar-refractivity contribution in [2.24, 2.45) is 0 Å². The van der Waals surface area contributed by atoms with Gasteiger partial charge in [-0.15, -0.1) is 0 Å². The first kappa shape index (κ1) is 24.0. The molecule has 3 rings (SSSR count). The van der Waals surface area contributed by atoms with Crippen molar-refractivity contribution in [1.29, 1.82) is 0 Å². The van der Waals surface area contributed by atoms with E-state index in [0.717, 1.165) is 31.4 Å². The van der Waals surface area contributed by atoms with Crippen molar-refractivity contribution in [3.8, 4) is 0 Å². The molecule has 1 aromatic heterocycles. The van der Waals surface area contributed by atoms with Gasteiger partial charge in [0.2, 0.25) is 11.8 Å². The van der Waals surface area contributed by atoms with Crippen LogP contribution in [-0.2, 0) is 32.2 Å². The first-order valence-corrected chi connectivity index (χ1v) is 11.4. The maximum absolute atomic E-state index is 13.3. The number of hydrogen-bond acceptors (Lipinski definition) is 5. The Kier molecular flexibility index (Phi) is 9.31. The predicted molar refractivity (Wildman–Crippen MR) is 121 cm³/mol. The molecular formula is C25H34N2O5. The molecule has 1 aromatic carbocycles. The zero-order valence-corrected chi connectivity index (χ0v) is 19.1. The van der Waals surface area contributed by atoms with E-state index < -0.39 is 0 Å². The van der Waals surface area contributed by atoms with Crippen LogP contribution in [0.3, 0.4) is 0 Å². The van der Waals surface area contributed by atoms with E-state index in [1.54, 1.807) is 16.1 Å². The number of benzene rings is 1. The number of ether oxygens (including phenoxy) is 2. The minimum absolute atomic E-state index is 0.00989. The summed E-state index contributed by atoms with van der Waals surface area (Å²) in [4.78, 5) is 29.6. The summed E-state index contributed by atoms with van der Waals surface area (Å²) in [5, 5.41) is 0. The highest BCUT2D eigenvalue weighted by Crippen LogP contribution is 2.16. The van der Waals surface area contributed by atoms with Crippen LogP contribution in [0.4, 0.5) is 0 Å². The predicted octanol–water partition coefficient (Wildman–Crippen LogP) is 3.63. The number of furan rings is 1. The zero-order chi connectivity index (χ0) is 22.8. The molecule has 2 aromatic rings. The van der Waals surface area contributed by atoms with Crippen LogP contribution < -0.4 is 0 Å². The zero-order valence-electron chi connectivity index (χ0n) is 19.1. The van der Waals surface area contributed by atoms with Crippen molar-refractivity contribution >= 4 is 11.8 Å². The molecule has 1 aliphatic heterocycles. The Morgan fingerprint density at radius 1 is 1.16 bits per heavy atom. The third kappa shape index (κ3) is 7.21. The van der Waals surface area contributed by atoms with Gasteiger partial charge in [0.1, 0.15) is 18.9 Å². The Morgan fingerprint density at radius 3 is 2.62 bits per heavy atom. The van der Waals surface area contributed by atoms with Crippen LogP contribution in [0.25, 0.3) is 0 Å². The fraction of sp³-hybridized carbons (Fsp3) is 0.520. The summed E-state index contributed by atoms with van der Waals surface area (Å²) in [6.07, 6.45) is 4.31. The fourth-order valence-electron chi connectivity index (χ4n) is 3.75. The van der Waals surface area contributed by atoms with Crippen LogP contribution in [0.15, 0.2) is 53.1 Å². The molecule has 2 atom stereocenters. The molecule has 2 amide bonds. The molecule has 174 valence electrons. The highest BCUT2D eigenvalue weighted by Gasteiger charge is 2.28. The molecule has 0 saturated carbocycles. The maximum Gasteiger partial charge on any atom is 0.249 e. The molecule has 2 heterocycles. The van der Waals surface area contributed by atoms with Crippen molar-refractivity contribution in [2.75, 3.05) is 26.3 Å². The lowest BCUT2D eigenvalue weighted by Crippen LogP contribution is -2.48. The van der Waals surface area contributed by atoms with Gasteiger partial charge in [0, 0.05) is 19.2 Å². The Hall–Kier alpha value is -2.64. The minimum Gasteiger partial charge on any atom is -0.467 e. The molecule has 0 bridgehead atoms. The summed E-state index contributed by atoms with van der Waals surface area (Å²) in [6, 6.07) is 13.3. The van der Waals surface area contributed by atoms with E-state index in [-0.39, 0.29) is 37.1 Å². The Bertz CT molecular complexity index is 818. The molecular weight excluding hydrogens is 408 g/mol. The summed E-state index contributed by atoms with van der Waals surface area (Å²) in [6.45, 7) is 5.85. The van der Waals surface area contributed by atoms with Gasteiger partial charge in [-0.2, -0.15) is 0 Å². The molecule has 0 aliphatic carbocycles. The van der Waals surface area contributed by atoms with Gasteiger partial charge in [0.25, 0.3) is 0 Å². The van der Waals surface area contributed by atoms with Gasteiger partial charge in [0.15, 0.2) is 0 Å². The fourth-order valence-corrected chi connectivity index (χ4v) is 3.75. The molecule has 7 heteroatoms. The van der Waals surface area contributed by atoms with Crippen LogP contribution in [0.5, 0.6) is 0 Å². The lowest BCUT2D eigenvalue weighted by molar-refractivity contribution is -0.146. The molecule has 0 radical (unpaired) electrons. The SMILES string of the molecule is CCC(C)N(CC(=O)N(Cc1ccco1)CC1CCCO1)C(=O)COCc1ccccc1. The van der Waals surface area contributed by atoms with Crippen molar-refractivity contribution in [2.45, 2.75) is 58.4 Å². The molecule has 1 fully saturated rings. The lowest BCUT2D eigenvalue weighted by atomic mass is 10.2. The number of amides is 2. The molecule has 32 heavy (non-hydrogen) atoms. The summed E-state index contributed by atoms with van der Waals surface area (Å²) in [7, 11) is 0. The Labute approximate surface area is 190 Å². The van der Waals surface area contributed by atoms with Crippen molar-refractivity contribution in [1.82, 2.24) is 9.80 Å². The summed E-state index contributed by atoms with van der Waals surface area (Å²) >= 11 is 0. The van der Waals surface area contributed by atoms with Crippen LogP contribution in [0.2, 0.25) is 0 Å². The average Bonchev–Trinajstić information content (AvgIpc) is 3.51. The van der Waals surface area contributed by atoms with Crippen molar-refractivity contribution in [3.05, 3.63) is 60.1 Å². The average molecular weight is 443 g/mol. The van der Waals surface area contributed by atoms with Crippen LogP contribution >= 0.6 is 0 Å². The van der Waals surface area contributed by atoms with Gasteiger partial charge in [-0.3, -0.25) is 9.59 Å². The Balaban J connectivity index is 1.61. The first-order valence-electron chi connectivity index (χ1n) is 11.4. The molecule has 0 spiro atoms. The normalized spacial score (nSPS) is 16.6. The molecule has 2 unspecified atom stereocenters. The summed E-state index contributed by atoms with van der Waals surface area (Å²) < 4.78 is 16.8. The van der Waals surface area contributed by atoms with Gasteiger partial charge in [-0.05, 0) is 43.9 Å². The number of hydrogen-bond donors (Lipinski definition) is 0. The van der Waals surface area contributed by atoms with Gasteiger partial charge in [-0.1, -0.05) is 37.3 Å². The quantitative estimate of drug-likeness (QED) is 0.502. The van der Waals surface area contributed by atoms with Crippen LogP contribution in [0.1, 0.15) is 44.4 Å². The van der Waals surface area contributed by atoms with E-state index in [1.807, 2.05) is 56.3 Å². The van der Waals surface area contributed by atoms with E-state index in [2.05, 4.69) is 0 Å². The Morgan fingerprint density at radius 2 is 1.97 bits per heavy atom. The molecule has 7 nitrogen and oxygen atoms in total. The number of nitrogens with zero attached hydrogens (tertiary/aromatic N) is 2. The highest BCUT2D eigenvalue weighted by molar-refractivity contribution is 5.85. The third-order valence-electron chi connectivity index (χ3n) is 5.81. The number of carbonyl (C=O) groups is 2. The van der Waals surface area contributed by atoms with Crippen LogP contribution in [0, 0.1) is 0 Å². The van der Waals surface area contributed by atoms with Gasteiger partial charge in [0.05, 0.1) is 25.5 Å². The largest absolute Gasteiger partial charge is 0.467 e. The first-order chi connectivity index (χ1) is 15.6. The monoisotopic (exact) mass is 442 g/mol. The highest BCUT2D eigenvalue weighted by atomic mass is 16.5. The molecule has 1 saturated heterocycles. The van der Waals surface area contributed by atoms with E-state index >= 15 is 0 Å². The van der Waals surface area contributed by atoms with E-state index in [9.17, 15) is 9.59 Å². The summed E-state index contributed by atoms with van der Waals surface area (Å²) in [5.41, 5.74) is 1.01. The van der Waals surface area contributed by atoms with E-state index in [1.165, 1.54) is 0 Å². The molecule has 0 N–H and O–H groups in total. The minimum atomic E-state index is -0.182. The molecule has 1 aliphatic rings. The van der Waals surface area contributed by atoms with Gasteiger partial charge in [-0.25, -0.2) is 0 Å². The van der Waals surface area contributed by atoms with E-state index in [4.69, 9.17) is 13.9 Å². The standard InChI is InChI=1S/C25H34N2O5/c1-3-20(2)27(25(29)19-30-18-21-9-5-4-6-10-21)17-24(28)26(15-22-11-7-13-31-22)16-23-12-8-14-32-23/h4-7,9-11,13,20,23H,3,8,12,14-19H2,1-2H3. The number of rotatable bonds is 12.